The average Bonchev–Trinajstić information content (AvgIpc) is 2.89. The van der Waals surface area contributed by atoms with Crippen molar-refractivity contribution in [1.29, 1.82) is 0 Å². The first kappa shape index (κ1) is 37.0. The predicted octanol–water partition coefficient (Wildman–Crippen LogP) is 14.4. The van der Waals surface area contributed by atoms with E-state index in [1.54, 1.807) is 0 Å². The lowest BCUT2D eigenvalue weighted by Gasteiger charge is -2.14. The molecular weight excluding hydrogens is 444 g/mol. The van der Waals surface area contributed by atoms with E-state index in [0.29, 0.717) is 0 Å². The fourth-order valence-corrected chi connectivity index (χ4v) is 6.12. The molecule has 0 rings (SSSR count). The van der Waals surface area contributed by atoms with E-state index in [0.717, 1.165) is 11.8 Å². The largest absolute Gasteiger partial charge is 0.0654 e. The second-order valence-electron chi connectivity index (χ2n) is 13.2. The fraction of sp³-hybridized carbons (Fsp3) is 1.00. The molecule has 0 radical (unpaired) electrons. The monoisotopic (exact) mass is 521 g/mol. The Labute approximate surface area is 238 Å². The third-order valence-electron chi connectivity index (χ3n) is 8.99. The van der Waals surface area contributed by atoms with Crippen molar-refractivity contribution in [1.82, 2.24) is 0 Å². The molecule has 0 aliphatic heterocycles. The Morgan fingerprint density at radius 2 is 0.432 bits per heavy atom. The number of rotatable bonds is 32. The number of unbranched alkanes of at least 4 members (excludes halogenated alkanes) is 24. The summed E-state index contributed by atoms with van der Waals surface area (Å²) in [5.74, 6) is 1.91. The lowest BCUT2D eigenvalue weighted by molar-refractivity contribution is 0.390. The van der Waals surface area contributed by atoms with Crippen LogP contribution in [0.1, 0.15) is 227 Å². The minimum absolute atomic E-state index is 0.955. The standard InChI is InChI=1S/C37H76/c1-5-7-9-11-13-15-17-19-20-22-24-26-28-30-33-37(4)35-31-34-36(3)32-29-27-25-23-21-18-16-14-12-10-8-6-2/h36-37H,5-35H2,1-4H3. The topological polar surface area (TPSA) is 0 Å². The van der Waals surface area contributed by atoms with Gasteiger partial charge in [0, 0.05) is 0 Å². The summed E-state index contributed by atoms with van der Waals surface area (Å²) in [7, 11) is 0. The summed E-state index contributed by atoms with van der Waals surface area (Å²) in [5.41, 5.74) is 0. The molecule has 224 valence electrons. The highest BCUT2D eigenvalue weighted by molar-refractivity contribution is 4.60. The first-order chi connectivity index (χ1) is 18.2. The van der Waals surface area contributed by atoms with Crippen molar-refractivity contribution in [2.75, 3.05) is 0 Å². The third kappa shape index (κ3) is 32.1. The molecule has 0 aliphatic carbocycles. The summed E-state index contributed by atoms with van der Waals surface area (Å²) >= 11 is 0. The van der Waals surface area contributed by atoms with Gasteiger partial charge in [-0.2, -0.15) is 0 Å². The molecule has 0 aromatic rings. The first-order valence-corrected chi connectivity index (χ1v) is 18.2. The van der Waals surface area contributed by atoms with E-state index in [1.807, 2.05) is 0 Å². The zero-order valence-corrected chi connectivity index (χ0v) is 27.1. The van der Waals surface area contributed by atoms with Crippen LogP contribution in [0.3, 0.4) is 0 Å². The smallest absolute Gasteiger partial charge is 0.0443 e. The van der Waals surface area contributed by atoms with Crippen molar-refractivity contribution in [3.05, 3.63) is 0 Å². The first-order valence-electron chi connectivity index (χ1n) is 18.2. The summed E-state index contributed by atoms with van der Waals surface area (Å²) < 4.78 is 0. The SMILES string of the molecule is CCCCCCCCCCCCCCCCC(C)CCCC(C)CCCCCCCCCCCCCC. The molecule has 0 saturated heterocycles. The zero-order chi connectivity index (χ0) is 27.1. The van der Waals surface area contributed by atoms with Gasteiger partial charge in [-0.1, -0.05) is 227 Å². The van der Waals surface area contributed by atoms with Crippen LogP contribution >= 0.6 is 0 Å². The Hall–Kier alpha value is 0. The van der Waals surface area contributed by atoms with Gasteiger partial charge in [-0.3, -0.25) is 0 Å². The molecule has 0 amide bonds. The maximum absolute atomic E-state index is 2.51. The van der Waals surface area contributed by atoms with E-state index in [2.05, 4.69) is 27.7 Å². The van der Waals surface area contributed by atoms with E-state index >= 15 is 0 Å². The molecule has 2 unspecified atom stereocenters. The summed E-state index contributed by atoms with van der Waals surface area (Å²) in [6, 6.07) is 0. The highest BCUT2D eigenvalue weighted by Gasteiger charge is 2.06. The van der Waals surface area contributed by atoms with Gasteiger partial charge in [-0.15, -0.1) is 0 Å². The number of hydrogen-bond donors (Lipinski definition) is 0. The second-order valence-corrected chi connectivity index (χ2v) is 13.2. The summed E-state index contributed by atoms with van der Waals surface area (Å²) in [4.78, 5) is 0. The molecule has 0 nitrogen and oxygen atoms in total. The van der Waals surface area contributed by atoms with Crippen molar-refractivity contribution in [2.24, 2.45) is 11.8 Å². The van der Waals surface area contributed by atoms with E-state index < -0.39 is 0 Å². The van der Waals surface area contributed by atoms with Crippen molar-refractivity contribution in [2.45, 2.75) is 227 Å². The molecule has 0 heteroatoms. The minimum atomic E-state index is 0.955. The summed E-state index contributed by atoms with van der Waals surface area (Å²) in [6.45, 7) is 9.64. The van der Waals surface area contributed by atoms with E-state index in [4.69, 9.17) is 0 Å². The van der Waals surface area contributed by atoms with E-state index in [1.165, 1.54) is 199 Å². The van der Waals surface area contributed by atoms with Crippen molar-refractivity contribution in [3.63, 3.8) is 0 Å². The predicted molar refractivity (Wildman–Crippen MR) is 173 cm³/mol. The number of hydrogen-bond acceptors (Lipinski definition) is 0. The van der Waals surface area contributed by atoms with Crippen LogP contribution in [-0.2, 0) is 0 Å². The van der Waals surface area contributed by atoms with Gasteiger partial charge in [0.1, 0.15) is 0 Å². The van der Waals surface area contributed by atoms with Gasteiger partial charge in [0.05, 0.1) is 0 Å². The maximum atomic E-state index is 2.51. The molecule has 0 fully saturated rings. The van der Waals surface area contributed by atoms with Crippen LogP contribution in [-0.4, -0.2) is 0 Å². The average molecular weight is 521 g/mol. The van der Waals surface area contributed by atoms with Gasteiger partial charge >= 0.3 is 0 Å². The van der Waals surface area contributed by atoms with Crippen LogP contribution in [0, 0.1) is 11.8 Å². The van der Waals surface area contributed by atoms with E-state index in [9.17, 15) is 0 Å². The van der Waals surface area contributed by atoms with Gasteiger partial charge in [-0.05, 0) is 11.8 Å². The highest BCUT2D eigenvalue weighted by atomic mass is 14.1. The second kappa shape index (κ2) is 32.2. The Morgan fingerprint density at radius 1 is 0.243 bits per heavy atom. The van der Waals surface area contributed by atoms with Crippen LogP contribution in [0.2, 0.25) is 0 Å². The molecular formula is C37H76. The molecule has 0 bridgehead atoms. The maximum Gasteiger partial charge on any atom is -0.0443 e. The molecule has 0 aromatic heterocycles. The van der Waals surface area contributed by atoms with Gasteiger partial charge in [0.25, 0.3) is 0 Å². The van der Waals surface area contributed by atoms with Gasteiger partial charge < -0.3 is 0 Å². The Kier molecular flexibility index (Phi) is 32.2. The lowest BCUT2D eigenvalue weighted by Crippen LogP contribution is -1.99. The molecule has 0 N–H and O–H groups in total. The quantitative estimate of drug-likeness (QED) is 0.0773. The lowest BCUT2D eigenvalue weighted by atomic mass is 9.92. The normalized spacial score (nSPS) is 13.3. The zero-order valence-electron chi connectivity index (χ0n) is 27.1. The Bertz CT molecular complexity index is 385. The molecule has 2 atom stereocenters. The van der Waals surface area contributed by atoms with Crippen molar-refractivity contribution in [3.8, 4) is 0 Å². The van der Waals surface area contributed by atoms with Gasteiger partial charge in [0.15, 0.2) is 0 Å². The minimum Gasteiger partial charge on any atom is -0.0654 e. The van der Waals surface area contributed by atoms with Crippen LogP contribution in [0.5, 0.6) is 0 Å². The molecule has 0 aliphatic rings. The summed E-state index contributed by atoms with van der Waals surface area (Å²) in [6.07, 6.45) is 45.6. The third-order valence-corrected chi connectivity index (χ3v) is 8.99. The van der Waals surface area contributed by atoms with Crippen LogP contribution < -0.4 is 0 Å². The molecule has 0 saturated carbocycles. The fourth-order valence-electron chi connectivity index (χ4n) is 6.12. The van der Waals surface area contributed by atoms with Crippen molar-refractivity contribution >= 4 is 0 Å². The van der Waals surface area contributed by atoms with Crippen molar-refractivity contribution < 1.29 is 0 Å². The molecule has 37 heavy (non-hydrogen) atoms. The molecule has 0 heterocycles. The van der Waals surface area contributed by atoms with Crippen LogP contribution in [0.4, 0.5) is 0 Å². The van der Waals surface area contributed by atoms with Gasteiger partial charge in [-0.25, -0.2) is 0 Å². The molecule has 0 spiro atoms. The summed E-state index contributed by atoms with van der Waals surface area (Å²) in [5, 5.41) is 0. The van der Waals surface area contributed by atoms with Crippen LogP contribution in [0.15, 0.2) is 0 Å². The molecule has 0 aromatic carbocycles. The van der Waals surface area contributed by atoms with Gasteiger partial charge in [0.2, 0.25) is 0 Å². The van der Waals surface area contributed by atoms with Crippen LogP contribution in [0.25, 0.3) is 0 Å². The Balaban J connectivity index is 3.26. The highest BCUT2D eigenvalue weighted by Crippen LogP contribution is 2.22. The Morgan fingerprint density at radius 3 is 0.676 bits per heavy atom. The van der Waals surface area contributed by atoms with E-state index in [-0.39, 0.29) is 0 Å².